The highest BCUT2D eigenvalue weighted by atomic mass is 16.2. The Labute approximate surface area is 85.8 Å². The minimum absolute atomic E-state index is 0.297. The van der Waals surface area contributed by atoms with Crippen molar-refractivity contribution < 1.29 is 4.79 Å². The van der Waals surface area contributed by atoms with Gasteiger partial charge >= 0.3 is 0 Å². The van der Waals surface area contributed by atoms with E-state index in [1.807, 2.05) is 11.9 Å². The molecule has 0 bridgehead atoms. The number of rotatable bonds is 4. The van der Waals surface area contributed by atoms with Crippen molar-refractivity contribution >= 4 is 5.91 Å². The summed E-state index contributed by atoms with van der Waals surface area (Å²) in [6.45, 7) is 2.03. The van der Waals surface area contributed by atoms with Crippen LogP contribution in [0.5, 0.6) is 0 Å². The normalized spacial score (nSPS) is 28.2. The molecule has 1 saturated heterocycles. The summed E-state index contributed by atoms with van der Waals surface area (Å²) < 4.78 is 0. The zero-order chi connectivity index (χ0) is 9.97. The number of piperidine rings is 1. The lowest BCUT2D eigenvalue weighted by atomic mass is 10.1. The van der Waals surface area contributed by atoms with Gasteiger partial charge in [-0.25, -0.2) is 0 Å². The number of likely N-dealkylation sites (N-methyl/N-ethyl adjacent to an activating group) is 1. The van der Waals surface area contributed by atoms with Crippen LogP contribution in [0.2, 0.25) is 0 Å². The lowest BCUT2D eigenvalue weighted by molar-refractivity contribution is -0.132. The molecule has 2 aliphatic rings. The molecule has 1 amide bonds. The summed E-state index contributed by atoms with van der Waals surface area (Å²) in [5, 5.41) is 3.55. The number of amides is 1. The van der Waals surface area contributed by atoms with Gasteiger partial charge in [-0.15, -0.1) is 0 Å². The Balaban J connectivity index is 1.62. The van der Waals surface area contributed by atoms with E-state index in [1.165, 1.54) is 19.3 Å². The Morgan fingerprint density at radius 1 is 1.43 bits per heavy atom. The van der Waals surface area contributed by atoms with Gasteiger partial charge in [0.15, 0.2) is 0 Å². The number of hydrogen-bond acceptors (Lipinski definition) is 2. The van der Waals surface area contributed by atoms with Crippen molar-refractivity contribution in [2.45, 2.75) is 38.1 Å². The van der Waals surface area contributed by atoms with E-state index in [0.717, 1.165) is 31.8 Å². The molecule has 14 heavy (non-hydrogen) atoms. The Bertz CT molecular complexity index is 213. The standard InChI is InChI=1S/C11H20N2O/c1-13-8-10(4-5-11(13)14)12-7-6-9-2-3-9/h9-10,12H,2-8H2,1H3. The molecule has 1 heterocycles. The molecule has 1 aliphatic heterocycles. The molecule has 1 unspecified atom stereocenters. The second-order valence-corrected chi connectivity index (χ2v) is 4.70. The predicted molar refractivity (Wildman–Crippen MR) is 56.0 cm³/mol. The maximum atomic E-state index is 11.2. The van der Waals surface area contributed by atoms with Gasteiger partial charge in [0.25, 0.3) is 0 Å². The predicted octanol–water partition coefficient (Wildman–Crippen LogP) is 0.997. The van der Waals surface area contributed by atoms with Crippen molar-refractivity contribution in [2.75, 3.05) is 20.1 Å². The van der Waals surface area contributed by atoms with Crippen molar-refractivity contribution in [3.63, 3.8) is 0 Å². The molecule has 0 radical (unpaired) electrons. The van der Waals surface area contributed by atoms with Gasteiger partial charge in [0.05, 0.1) is 0 Å². The summed E-state index contributed by atoms with van der Waals surface area (Å²) in [4.78, 5) is 13.1. The fourth-order valence-electron chi connectivity index (χ4n) is 2.08. The van der Waals surface area contributed by atoms with E-state index in [2.05, 4.69) is 5.32 Å². The molecule has 0 aromatic carbocycles. The first-order chi connectivity index (χ1) is 6.75. The van der Waals surface area contributed by atoms with Crippen molar-refractivity contribution in [1.29, 1.82) is 0 Å². The summed E-state index contributed by atoms with van der Waals surface area (Å²) in [6.07, 6.45) is 5.94. The van der Waals surface area contributed by atoms with Gasteiger partial charge in [-0.1, -0.05) is 12.8 Å². The molecule has 0 spiro atoms. The molecule has 3 nitrogen and oxygen atoms in total. The fraction of sp³-hybridized carbons (Fsp3) is 0.909. The fourth-order valence-corrected chi connectivity index (χ4v) is 2.08. The van der Waals surface area contributed by atoms with E-state index in [-0.39, 0.29) is 0 Å². The zero-order valence-corrected chi connectivity index (χ0v) is 8.96. The van der Waals surface area contributed by atoms with Crippen LogP contribution >= 0.6 is 0 Å². The second-order valence-electron chi connectivity index (χ2n) is 4.70. The van der Waals surface area contributed by atoms with Gasteiger partial charge in [-0.3, -0.25) is 4.79 Å². The van der Waals surface area contributed by atoms with E-state index < -0.39 is 0 Å². The van der Waals surface area contributed by atoms with Crippen LogP contribution in [-0.2, 0) is 4.79 Å². The van der Waals surface area contributed by atoms with Crippen LogP contribution < -0.4 is 5.32 Å². The largest absolute Gasteiger partial charge is 0.344 e. The quantitative estimate of drug-likeness (QED) is 0.727. The molecule has 2 fully saturated rings. The van der Waals surface area contributed by atoms with Crippen LogP contribution in [0.4, 0.5) is 0 Å². The van der Waals surface area contributed by atoms with Crippen LogP contribution in [0, 0.1) is 5.92 Å². The average molecular weight is 196 g/mol. The van der Waals surface area contributed by atoms with Crippen LogP contribution in [-0.4, -0.2) is 37.0 Å². The summed E-state index contributed by atoms with van der Waals surface area (Å²) in [5.74, 6) is 1.30. The van der Waals surface area contributed by atoms with Gasteiger partial charge in [0.2, 0.25) is 5.91 Å². The number of carbonyl (C=O) groups is 1. The third kappa shape index (κ3) is 2.71. The third-order valence-electron chi connectivity index (χ3n) is 3.31. The number of carbonyl (C=O) groups excluding carboxylic acids is 1. The minimum Gasteiger partial charge on any atom is -0.344 e. The van der Waals surface area contributed by atoms with Crippen LogP contribution in [0.1, 0.15) is 32.1 Å². The summed E-state index contributed by atoms with van der Waals surface area (Å²) in [7, 11) is 1.90. The topological polar surface area (TPSA) is 32.3 Å². The van der Waals surface area contributed by atoms with Gasteiger partial charge < -0.3 is 10.2 Å². The van der Waals surface area contributed by atoms with E-state index >= 15 is 0 Å². The summed E-state index contributed by atoms with van der Waals surface area (Å²) in [6, 6.07) is 0.538. The van der Waals surface area contributed by atoms with E-state index in [4.69, 9.17) is 0 Å². The number of hydrogen-bond donors (Lipinski definition) is 1. The molecule has 3 heteroatoms. The molecule has 1 atom stereocenters. The highest BCUT2D eigenvalue weighted by Gasteiger charge is 2.24. The molecular formula is C11H20N2O. The molecule has 80 valence electrons. The Morgan fingerprint density at radius 2 is 2.21 bits per heavy atom. The lowest BCUT2D eigenvalue weighted by Gasteiger charge is -2.30. The van der Waals surface area contributed by atoms with Crippen LogP contribution in [0.3, 0.4) is 0 Å². The lowest BCUT2D eigenvalue weighted by Crippen LogP contribution is -2.46. The second kappa shape index (κ2) is 4.30. The highest BCUT2D eigenvalue weighted by Crippen LogP contribution is 2.31. The number of likely N-dealkylation sites (tertiary alicyclic amines) is 1. The summed E-state index contributed by atoms with van der Waals surface area (Å²) in [5.41, 5.74) is 0. The Kier molecular flexibility index (Phi) is 3.06. The SMILES string of the molecule is CN1CC(NCCC2CC2)CCC1=O. The van der Waals surface area contributed by atoms with Crippen LogP contribution in [0.15, 0.2) is 0 Å². The number of nitrogens with zero attached hydrogens (tertiary/aromatic N) is 1. The van der Waals surface area contributed by atoms with E-state index in [1.54, 1.807) is 0 Å². The minimum atomic E-state index is 0.297. The maximum Gasteiger partial charge on any atom is 0.222 e. The number of nitrogens with one attached hydrogen (secondary N) is 1. The van der Waals surface area contributed by atoms with Crippen LogP contribution in [0.25, 0.3) is 0 Å². The van der Waals surface area contributed by atoms with E-state index in [9.17, 15) is 4.79 Å². The van der Waals surface area contributed by atoms with Gasteiger partial charge in [0, 0.05) is 26.1 Å². The zero-order valence-electron chi connectivity index (χ0n) is 8.96. The van der Waals surface area contributed by atoms with Gasteiger partial charge in [-0.05, 0) is 25.3 Å². The molecule has 1 saturated carbocycles. The van der Waals surface area contributed by atoms with Crippen molar-refractivity contribution in [3.05, 3.63) is 0 Å². The first-order valence-corrected chi connectivity index (χ1v) is 5.73. The smallest absolute Gasteiger partial charge is 0.222 e. The van der Waals surface area contributed by atoms with Gasteiger partial charge in [0.1, 0.15) is 0 Å². The molecular weight excluding hydrogens is 176 g/mol. The Morgan fingerprint density at radius 3 is 2.86 bits per heavy atom. The highest BCUT2D eigenvalue weighted by molar-refractivity contribution is 5.76. The summed E-state index contributed by atoms with van der Waals surface area (Å²) >= 11 is 0. The molecule has 2 rings (SSSR count). The van der Waals surface area contributed by atoms with Crippen molar-refractivity contribution in [1.82, 2.24) is 10.2 Å². The molecule has 0 aromatic heterocycles. The Hall–Kier alpha value is -0.570. The van der Waals surface area contributed by atoms with Crippen molar-refractivity contribution in [2.24, 2.45) is 5.92 Å². The monoisotopic (exact) mass is 196 g/mol. The third-order valence-corrected chi connectivity index (χ3v) is 3.31. The van der Waals surface area contributed by atoms with E-state index in [0.29, 0.717) is 11.9 Å². The first kappa shape index (κ1) is 9.97. The van der Waals surface area contributed by atoms with Gasteiger partial charge in [-0.2, -0.15) is 0 Å². The van der Waals surface area contributed by atoms with Crippen molar-refractivity contribution in [3.8, 4) is 0 Å². The molecule has 0 aromatic rings. The average Bonchev–Trinajstić information content (AvgIpc) is 2.95. The maximum absolute atomic E-state index is 11.2. The molecule has 1 N–H and O–H groups in total. The molecule has 1 aliphatic carbocycles. The first-order valence-electron chi connectivity index (χ1n) is 5.73.